The number of anilines is 1. The highest BCUT2D eigenvalue weighted by molar-refractivity contribution is 5.95. The summed E-state index contributed by atoms with van der Waals surface area (Å²) in [6.45, 7) is 0.885. The highest BCUT2D eigenvalue weighted by atomic mass is 16.5. The second-order valence-electron chi connectivity index (χ2n) is 5.13. The van der Waals surface area contributed by atoms with Crippen LogP contribution in [0.2, 0.25) is 0 Å². The molecular weight excluding hydrogens is 284 g/mol. The van der Waals surface area contributed by atoms with E-state index in [1.165, 1.54) is 11.0 Å². The average molecular weight is 302 g/mol. The smallest absolute Gasteiger partial charge is 0.241 e. The van der Waals surface area contributed by atoms with Crippen LogP contribution < -0.4 is 15.4 Å². The summed E-state index contributed by atoms with van der Waals surface area (Å²) in [7, 11) is 1.58. The number of piperidine rings is 1. The van der Waals surface area contributed by atoms with Gasteiger partial charge in [0.2, 0.25) is 5.91 Å². The molecule has 2 heterocycles. The molecule has 1 aromatic heterocycles. The van der Waals surface area contributed by atoms with E-state index in [9.17, 15) is 4.79 Å². The standard InChI is InChI=1S/C14H18N6O2/c1-22-13-6-5-10(8-12(13)20-9-16-18-19-20)17-14(21)11-4-2-3-7-15-11/h5-6,8-9,11,15H,2-4,7H2,1H3,(H,17,21). The molecule has 1 amide bonds. The predicted octanol–water partition coefficient (Wildman–Crippen LogP) is 0.751. The second-order valence-corrected chi connectivity index (χ2v) is 5.13. The highest BCUT2D eigenvalue weighted by Gasteiger charge is 2.20. The Morgan fingerprint density at radius 2 is 2.36 bits per heavy atom. The molecule has 8 heteroatoms. The Labute approximate surface area is 127 Å². The molecule has 1 aliphatic heterocycles. The van der Waals surface area contributed by atoms with Gasteiger partial charge in [0.1, 0.15) is 17.8 Å². The summed E-state index contributed by atoms with van der Waals surface area (Å²) >= 11 is 0. The Morgan fingerprint density at radius 3 is 3.05 bits per heavy atom. The zero-order chi connectivity index (χ0) is 15.4. The molecule has 22 heavy (non-hydrogen) atoms. The minimum atomic E-state index is -0.132. The fourth-order valence-corrected chi connectivity index (χ4v) is 2.52. The van der Waals surface area contributed by atoms with Gasteiger partial charge >= 0.3 is 0 Å². The Bertz CT molecular complexity index is 637. The summed E-state index contributed by atoms with van der Waals surface area (Å²) < 4.78 is 6.80. The number of carbonyl (C=O) groups excluding carboxylic acids is 1. The Kier molecular flexibility index (Phi) is 4.29. The quantitative estimate of drug-likeness (QED) is 0.865. The van der Waals surface area contributed by atoms with Crippen LogP contribution in [0.25, 0.3) is 5.69 Å². The molecule has 3 rings (SSSR count). The summed E-state index contributed by atoms with van der Waals surface area (Å²) in [6, 6.07) is 5.23. The van der Waals surface area contributed by atoms with Gasteiger partial charge in [0.25, 0.3) is 0 Å². The lowest BCUT2D eigenvalue weighted by Gasteiger charge is -2.22. The molecule has 1 aromatic carbocycles. The van der Waals surface area contributed by atoms with Gasteiger partial charge in [-0.2, -0.15) is 4.68 Å². The SMILES string of the molecule is COc1ccc(NC(=O)C2CCCCN2)cc1-n1cnnn1. The lowest BCUT2D eigenvalue weighted by molar-refractivity contribution is -0.118. The minimum Gasteiger partial charge on any atom is -0.494 e. The van der Waals surface area contributed by atoms with Gasteiger partial charge in [0.05, 0.1) is 13.2 Å². The number of tetrazole rings is 1. The molecule has 1 fully saturated rings. The zero-order valence-corrected chi connectivity index (χ0v) is 12.3. The molecule has 0 aliphatic carbocycles. The molecule has 1 aliphatic rings. The summed E-state index contributed by atoms with van der Waals surface area (Å²) in [5.74, 6) is 0.605. The maximum atomic E-state index is 12.3. The molecule has 0 saturated carbocycles. The van der Waals surface area contributed by atoms with Gasteiger partial charge in [0.15, 0.2) is 0 Å². The molecule has 8 nitrogen and oxygen atoms in total. The number of aromatic nitrogens is 4. The average Bonchev–Trinajstić information content (AvgIpc) is 3.10. The van der Waals surface area contributed by atoms with E-state index in [0.29, 0.717) is 17.1 Å². The third kappa shape index (κ3) is 3.06. The van der Waals surface area contributed by atoms with E-state index in [4.69, 9.17) is 4.74 Å². The number of methoxy groups -OCH3 is 1. The van der Waals surface area contributed by atoms with Gasteiger partial charge in [-0.05, 0) is 48.0 Å². The first-order chi connectivity index (χ1) is 10.8. The van der Waals surface area contributed by atoms with E-state index in [2.05, 4.69) is 26.2 Å². The number of hydrogen-bond donors (Lipinski definition) is 2. The topological polar surface area (TPSA) is 94.0 Å². The van der Waals surface area contributed by atoms with E-state index in [1.807, 2.05) is 0 Å². The van der Waals surface area contributed by atoms with Crippen LogP contribution in [-0.4, -0.2) is 45.8 Å². The maximum absolute atomic E-state index is 12.3. The molecule has 1 saturated heterocycles. The largest absolute Gasteiger partial charge is 0.494 e. The number of amides is 1. The normalized spacial score (nSPS) is 18.0. The molecule has 0 radical (unpaired) electrons. The van der Waals surface area contributed by atoms with Crippen molar-refractivity contribution in [2.45, 2.75) is 25.3 Å². The number of carbonyl (C=O) groups is 1. The van der Waals surface area contributed by atoms with Crippen LogP contribution in [0.5, 0.6) is 5.75 Å². The van der Waals surface area contributed by atoms with E-state index in [-0.39, 0.29) is 11.9 Å². The predicted molar refractivity (Wildman–Crippen MR) is 80.0 cm³/mol. The van der Waals surface area contributed by atoms with Crippen LogP contribution >= 0.6 is 0 Å². The number of nitrogens with one attached hydrogen (secondary N) is 2. The number of benzene rings is 1. The van der Waals surface area contributed by atoms with Crippen molar-refractivity contribution in [3.63, 3.8) is 0 Å². The van der Waals surface area contributed by atoms with Gasteiger partial charge < -0.3 is 15.4 Å². The molecule has 1 atom stereocenters. The van der Waals surface area contributed by atoms with Gasteiger partial charge in [0, 0.05) is 5.69 Å². The molecule has 0 spiro atoms. The Morgan fingerprint density at radius 1 is 1.45 bits per heavy atom. The van der Waals surface area contributed by atoms with Crippen LogP contribution in [0.1, 0.15) is 19.3 Å². The summed E-state index contributed by atoms with van der Waals surface area (Å²) in [6.07, 6.45) is 4.54. The van der Waals surface area contributed by atoms with E-state index in [0.717, 1.165) is 25.8 Å². The molecule has 2 N–H and O–H groups in total. The first-order valence-corrected chi connectivity index (χ1v) is 7.23. The van der Waals surface area contributed by atoms with Crippen molar-refractivity contribution in [1.29, 1.82) is 0 Å². The monoisotopic (exact) mass is 302 g/mol. The third-order valence-corrected chi connectivity index (χ3v) is 3.67. The number of rotatable bonds is 4. The zero-order valence-electron chi connectivity index (χ0n) is 12.3. The van der Waals surface area contributed by atoms with Crippen LogP contribution in [0.4, 0.5) is 5.69 Å². The van der Waals surface area contributed by atoms with Crippen molar-refractivity contribution in [2.24, 2.45) is 0 Å². The van der Waals surface area contributed by atoms with E-state index < -0.39 is 0 Å². The lowest BCUT2D eigenvalue weighted by Crippen LogP contribution is -2.43. The van der Waals surface area contributed by atoms with Crippen LogP contribution in [0.15, 0.2) is 24.5 Å². The minimum absolute atomic E-state index is 0.0208. The first-order valence-electron chi connectivity index (χ1n) is 7.23. The molecule has 1 unspecified atom stereocenters. The molecule has 2 aromatic rings. The second kappa shape index (κ2) is 6.52. The Balaban J connectivity index is 1.79. The van der Waals surface area contributed by atoms with Crippen molar-refractivity contribution in [2.75, 3.05) is 19.0 Å². The number of hydrogen-bond acceptors (Lipinski definition) is 6. The van der Waals surface area contributed by atoms with Gasteiger partial charge in [-0.3, -0.25) is 4.79 Å². The summed E-state index contributed by atoms with van der Waals surface area (Å²) in [4.78, 5) is 12.3. The van der Waals surface area contributed by atoms with Gasteiger partial charge in [-0.15, -0.1) is 5.10 Å². The summed E-state index contributed by atoms with van der Waals surface area (Å²) in [5.41, 5.74) is 1.35. The van der Waals surface area contributed by atoms with E-state index in [1.54, 1.807) is 25.3 Å². The van der Waals surface area contributed by atoms with E-state index >= 15 is 0 Å². The third-order valence-electron chi connectivity index (χ3n) is 3.67. The van der Waals surface area contributed by atoms with Crippen molar-refractivity contribution in [3.8, 4) is 11.4 Å². The van der Waals surface area contributed by atoms with Crippen molar-refractivity contribution in [3.05, 3.63) is 24.5 Å². The molecule has 0 bridgehead atoms. The van der Waals surface area contributed by atoms with Crippen molar-refractivity contribution < 1.29 is 9.53 Å². The molecular formula is C14H18N6O2. The van der Waals surface area contributed by atoms with Gasteiger partial charge in [-0.25, -0.2) is 0 Å². The molecule has 116 valence electrons. The van der Waals surface area contributed by atoms with Crippen molar-refractivity contribution in [1.82, 2.24) is 25.5 Å². The lowest BCUT2D eigenvalue weighted by atomic mass is 10.0. The fourth-order valence-electron chi connectivity index (χ4n) is 2.52. The van der Waals surface area contributed by atoms with Crippen LogP contribution in [0, 0.1) is 0 Å². The first kappa shape index (κ1) is 14.5. The fraction of sp³-hybridized carbons (Fsp3) is 0.429. The highest BCUT2D eigenvalue weighted by Crippen LogP contribution is 2.25. The number of ether oxygens (including phenoxy) is 1. The van der Waals surface area contributed by atoms with Gasteiger partial charge in [-0.1, -0.05) is 6.42 Å². The number of nitrogens with zero attached hydrogens (tertiary/aromatic N) is 4. The summed E-state index contributed by atoms with van der Waals surface area (Å²) in [5, 5.41) is 17.2. The van der Waals surface area contributed by atoms with Crippen LogP contribution in [-0.2, 0) is 4.79 Å². The van der Waals surface area contributed by atoms with Crippen molar-refractivity contribution >= 4 is 11.6 Å². The maximum Gasteiger partial charge on any atom is 0.241 e. The van der Waals surface area contributed by atoms with Crippen LogP contribution in [0.3, 0.4) is 0 Å². The Hall–Kier alpha value is -2.48.